The first-order valence-electron chi connectivity index (χ1n) is 9.64. The average Bonchev–Trinajstić information content (AvgIpc) is 3.08. The van der Waals surface area contributed by atoms with Gasteiger partial charge in [-0.05, 0) is 41.8 Å². The van der Waals surface area contributed by atoms with Crippen molar-refractivity contribution in [3.8, 4) is 11.4 Å². The van der Waals surface area contributed by atoms with Crippen LogP contribution in [0.1, 0.15) is 43.6 Å². The van der Waals surface area contributed by atoms with Crippen molar-refractivity contribution in [1.82, 2.24) is 4.57 Å². The first-order valence-corrected chi connectivity index (χ1v) is 9.64. The summed E-state index contributed by atoms with van der Waals surface area (Å²) in [5, 5.41) is 14.3. The lowest BCUT2D eigenvalue weighted by atomic mass is 9.84. The van der Waals surface area contributed by atoms with Crippen molar-refractivity contribution in [2.45, 2.75) is 38.0 Å². The van der Waals surface area contributed by atoms with Gasteiger partial charge in [-0.1, -0.05) is 67.8 Å². The van der Waals surface area contributed by atoms with Gasteiger partial charge in [-0.3, -0.25) is 0 Å². The first kappa shape index (κ1) is 15.5. The zero-order valence-corrected chi connectivity index (χ0v) is 14.9. The molecule has 3 aromatic carbocycles. The SMILES string of the molecule is Oc1ccc2ccccc2c1-n1cc(C2CCCCC2)c2ccccc21. The van der Waals surface area contributed by atoms with Gasteiger partial charge in [0.2, 0.25) is 0 Å². The van der Waals surface area contributed by atoms with E-state index in [-0.39, 0.29) is 0 Å². The standard InChI is InChI=1S/C24H23NO/c26-23-15-14-18-10-4-5-11-19(18)24(23)25-16-21(17-8-2-1-3-9-17)20-12-6-7-13-22(20)25/h4-7,10-17,26H,1-3,8-9H2. The van der Waals surface area contributed by atoms with Gasteiger partial charge in [0, 0.05) is 17.0 Å². The second kappa shape index (κ2) is 6.21. The van der Waals surface area contributed by atoms with Crippen LogP contribution in [0.4, 0.5) is 0 Å². The van der Waals surface area contributed by atoms with Crippen LogP contribution in [0.25, 0.3) is 27.4 Å². The Balaban J connectivity index is 1.80. The second-order valence-electron chi connectivity index (χ2n) is 7.46. The van der Waals surface area contributed by atoms with Crippen LogP contribution < -0.4 is 0 Å². The molecule has 1 saturated carbocycles. The molecule has 0 amide bonds. The molecule has 130 valence electrons. The molecule has 26 heavy (non-hydrogen) atoms. The molecule has 1 aliphatic rings. The molecular formula is C24H23NO. The highest BCUT2D eigenvalue weighted by Gasteiger charge is 2.22. The molecule has 5 rings (SSSR count). The van der Waals surface area contributed by atoms with Gasteiger partial charge in [0.15, 0.2) is 0 Å². The maximum atomic E-state index is 10.7. The summed E-state index contributed by atoms with van der Waals surface area (Å²) >= 11 is 0. The topological polar surface area (TPSA) is 25.2 Å². The van der Waals surface area contributed by atoms with Crippen molar-refractivity contribution in [2.75, 3.05) is 0 Å². The van der Waals surface area contributed by atoms with Crippen LogP contribution >= 0.6 is 0 Å². The van der Waals surface area contributed by atoms with Crippen LogP contribution in [0, 0.1) is 0 Å². The van der Waals surface area contributed by atoms with Gasteiger partial charge in [-0.25, -0.2) is 0 Å². The average molecular weight is 341 g/mol. The quantitative estimate of drug-likeness (QED) is 0.440. The maximum absolute atomic E-state index is 10.7. The normalized spacial score (nSPS) is 15.7. The molecule has 0 atom stereocenters. The minimum atomic E-state index is 0.333. The molecular weight excluding hydrogens is 318 g/mol. The number of fused-ring (bicyclic) bond motifs is 2. The number of benzene rings is 3. The molecule has 0 bridgehead atoms. The van der Waals surface area contributed by atoms with E-state index in [4.69, 9.17) is 0 Å². The molecule has 1 aromatic heterocycles. The van der Waals surface area contributed by atoms with Gasteiger partial charge in [0.1, 0.15) is 5.75 Å². The molecule has 0 saturated heterocycles. The van der Waals surface area contributed by atoms with Crippen LogP contribution in [-0.4, -0.2) is 9.67 Å². The Kier molecular flexibility index (Phi) is 3.70. The largest absolute Gasteiger partial charge is 0.506 e. The third kappa shape index (κ3) is 2.40. The molecule has 0 unspecified atom stereocenters. The summed E-state index contributed by atoms with van der Waals surface area (Å²) in [7, 11) is 0. The molecule has 0 aliphatic heterocycles. The van der Waals surface area contributed by atoms with E-state index < -0.39 is 0 Å². The van der Waals surface area contributed by atoms with E-state index in [2.05, 4.69) is 47.2 Å². The van der Waals surface area contributed by atoms with E-state index in [1.54, 1.807) is 0 Å². The molecule has 0 radical (unpaired) electrons. The van der Waals surface area contributed by atoms with E-state index in [1.807, 2.05) is 24.3 Å². The Labute approximate surface area is 153 Å². The number of phenolic OH excluding ortho intramolecular Hbond substituents is 1. The lowest BCUT2D eigenvalue weighted by Gasteiger charge is -2.21. The fraction of sp³-hybridized carbons (Fsp3) is 0.250. The van der Waals surface area contributed by atoms with Crippen LogP contribution in [0.15, 0.2) is 66.9 Å². The minimum Gasteiger partial charge on any atom is -0.506 e. The summed E-state index contributed by atoms with van der Waals surface area (Å²) in [6, 6.07) is 20.7. The molecule has 2 nitrogen and oxygen atoms in total. The maximum Gasteiger partial charge on any atom is 0.140 e. The number of phenols is 1. The van der Waals surface area contributed by atoms with Gasteiger partial charge >= 0.3 is 0 Å². The minimum absolute atomic E-state index is 0.333. The zero-order valence-electron chi connectivity index (χ0n) is 14.9. The molecule has 1 aliphatic carbocycles. The van der Waals surface area contributed by atoms with E-state index in [1.165, 1.54) is 48.6 Å². The predicted molar refractivity (Wildman–Crippen MR) is 108 cm³/mol. The van der Waals surface area contributed by atoms with Gasteiger partial charge in [0.05, 0.1) is 11.2 Å². The Hall–Kier alpha value is -2.74. The number of aromatic nitrogens is 1. The van der Waals surface area contributed by atoms with E-state index in [0.29, 0.717) is 11.7 Å². The Bertz CT molecular complexity index is 1090. The lowest BCUT2D eigenvalue weighted by molar-refractivity contribution is 0.445. The second-order valence-corrected chi connectivity index (χ2v) is 7.46. The first-order chi connectivity index (χ1) is 12.8. The van der Waals surface area contributed by atoms with Crippen molar-refractivity contribution in [2.24, 2.45) is 0 Å². The zero-order chi connectivity index (χ0) is 17.5. The van der Waals surface area contributed by atoms with Crippen molar-refractivity contribution in [1.29, 1.82) is 0 Å². The third-order valence-electron chi connectivity index (χ3n) is 5.91. The number of nitrogens with zero attached hydrogens (tertiary/aromatic N) is 1. The summed E-state index contributed by atoms with van der Waals surface area (Å²) in [5.74, 6) is 0.965. The van der Waals surface area contributed by atoms with Crippen LogP contribution in [-0.2, 0) is 0 Å². The Morgan fingerprint density at radius 3 is 2.35 bits per heavy atom. The number of hydrogen-bond acceptors (Lipinski definition) is 1. The highest BCUT2D eigenvalue weighted by atomic mass is 16.3. The van der Waals surface area contributed by atoms with Crippen LogP contribution in [0.5, 0.6) is 5.75 Å². The van der Waals surface area contributed by atoms with Gasteiger partial charge in [-0.2, -0.15) is 0 Å². The predicted octanol–water partition coefficient (Wildman–Crippen LogP) is 6.54. The van der Waals surface area contributed by atoms with Crippen molar-refractivity contribution >= 4 is 21.7 Å². The number of hydrogen-bond donors (Lipinski definition) is 1. The summed E-state index contributed by atoms with van der Waals surface area (Å²) in [4.78, 5) is 0. The van der Waals surface area contributed by atoms with Crippen molar-refractivity contribution in [3.05, 3.63) is 72.4 Å². The summed E-state index contributed by atoms with van der Waals surface area (Å²) in [6.07, 6.45) is 8.83. The van der Waals surface area contributed by atoms with E-state index >= 15 is 0 Å². The van der Waals surface area contributed by atoms with E-state index in [0.717, 1.165) is 16.5 Å². The lowest BCUT2D eigenvalue weighted by Crippen LogP contribution is -2.03. The Morgan fingerprint density at radius 1 is 0.769 bits per heavy atom. The van der Waals surface area contributed by atoms with Gasteiger partial charge in [-0.15, -0.1) is 0 Å². The number of rotatable bonds is 2. The fourth-order valence-electron chi connectivity index (χ4n) is 4.63. The monoisotopic (exact) mass is 341 g/mol. The highest BCUT2D eigenvalue weighted by Crippen LogP contribution is 2.40. The van der Waals surface area contributed by atoms with Crippen LogP contribution in [0.3, 0.4) is 0 Å². The third-order valence-corrected chi connectivity index (χ3v) is 5.91. The van der Waals surface area contributed by atoms with Gasteiger partial charge in [0.25, 0.3) is 0 Å². The van der Waals surface area contributed by atoms with E-state index in [9.17, 15) is 5.11 Å². The van der Waals surface area contributed by atoms with Crippen LogP contribution in [0.2, 0.25) is 0 Å². The molecule has 0 spiro atoms. The van der Waals surface area contributed by atoms with Gasteiger partial charge < -0.3 is 9.67 Å². The molecule has 1 fully saturated rings. The molecule has 4 aromatic rings. The number of para-hydroxylation sites is 1. The molecule has 2 heteroatoms. The summed E-state index contributed by atoms with van der Waals surface area (Å²) in [6.45, 7) is 0. The smallest absolute Gasteiger partial charge is 0.140 e. The molecule has 1 heterocycles. The summed E-state index contributed by atoms with van der Waals surface area (Å²) < 4.78 is 2.21. The molecule has 1 N–H and O–H groups in total. The van der Waals surface area contributed by atoms with Crippen molar-refractivity contribution < 1.29 is 5.11 Å². The highest BCUT2D eigenvalue weighted by molar-refractivity contribution is 5.96. The Morgan fingerprint density at radius 2 is 1.50 bits per heavy atom. The summed E-state index contributed by atoms with van der Waals surface area (Å²) in [5.41, 5.74) is 3.51. The number of aromatic hydroxyl groups is 1. The fourth-order valence-corrected chi connectivity index (χ4v) is 4.63. The van der Waals surface area contributed by atoms with Crippen molar-refractivity contribution in [3.63, 3.8) is 0 Å².